The lowest BCUT2D eigenvalue weighted by molar-refractivity contribution is -0.117. The van der Waals surface area contributed by atoms with Gasteiger partial charge in [-0.25, -0.2) is 17.7 Å². The second-order valence-electron chi connectivity index (χ2n) is 6.57. The number of carbonyl (C=O) groups is 1. The Morgan fingerprint density at radius 3 is 2.37 bits per heavy atom. The number of nitrogens with two attached hydrogens (primary N) is 1. The first-order valence-electron chi connectivity index (χ1n) is 8.78. The highest BCUT2D eigenvalue weighted by atomic mass is 32.2. The van der Waals surface area contributed by atoms with Gasteiger partial charge in [0.25, 0.3) is 10.0 Å². The third-order valence-electron chi connectivity index (χ3n) is 4.90. The minimum atomic E-state index is -3.86. The van der Waals surface area contributed by atoms with Crippen molar-refractivity contribution in [3.63, 3.8) is 0 Å². The Labute approximate surface area is 158 Å². The second-order valence-corrected chi connectivity index (χ2v) is 8.38. The van der Waals surface area contributed by atoms with E-state index in [0.717, 1.165) is 12.0 Å². The number of hydrogen-bond acceptors (Lipinski definition) is 5. The largest absolute Gasteiger partial charge is 0.369 e. The molecule has 0 radical (unpaired) electrons. The van der Waals surface area contributed by atoms with Crippen molar-refractivity contribution in [1.29, 1.82) is 0 Å². The van der Waals surface area contributed by atoms with Crippen LogP contribution >= 0.6 is 0 Å². The average molecular weight is 384 g/mol. The summed E-state index contributed by atoms with van der Waals surface area (Å²) in [4.78, 5) is 17.8. The summed E-state index contributed by atoms with van der Waals surface area (Å²) in [6, 6.07) is 15.2. The molecule has 27 heavy (non-hydrogen) atoms. The SMILES string of the molecule is NC1=NCC(c2ccccc2)N1S(=O)(=O)c1ccc(N2CCCC2=O)cc1. The molecular weight excluding hydrogens is 364 g/mol. The fraction of sp³-hybridized carbons (Fsp3) is 0.263. The Bertz CT molecular complexity index is 987. The molecule has 140 valence electrons. The molecule has 4 rings (SSSR count). The Morgan fingerprint density at radius 2 is 1.74 bits per heavy atom. The predicted octanol–water partition coefficient (Wildman–Crippen LogP) is 1.87. The van der Waals surface area contributed by atoms with E-state index in [4.69, 9.17) is 5.73 Å². The molecule has 2 aromatic rings. The highest BCUT2D eigenvalue weighted by molar-refractivity contribution is 7.89. The zero-order chi connectivity index (χ0) is 19.0. The maximum atomic E-state index is 13.2. The number of hydrogen-bond donors (Lipinski definition) is 1. The van der Waals surface area contributed by atoms with E-state index in [1.165, 1.54) is 16.4 Å². The number of benzene rings is 2. The van der Waals surface area contributed by atoms with Crippen LogP contribution in [0.1, 0.15) is 24.4 Å². The van der Waals surface area contributed by atoms with Crippen molar-refractivity contribution in [3.05, 3.63) is 60.2 Å². The normalized spacial score (nSPS) is 20.2. The van der Waals surface area contributed by atoms with Crippen LogP contribution in [0.2, 0.25) is 0 Å². The van der Waals surface area contributed by atoms with Crippen LogP contribution in [-0.4, -0.2) is 37.7 Å². The first kappa shape index (κ1) is 17.5. The van der Waals surface area contributed by atoms with E-state index in [1.54, 1.807) is 17.0 Å². The van der Waals surface area contributed by atoms with Crippen LogP contribution in [0.15, 0.2) is 64.5 Å². The van der Waals surface area contributed by atoms with Crippen LogP contribution in [0, 0.1) is 0 Å². The quantitative estimate of drug-likeness (QED) is 0.870. The molecular formula is C19H20N4O3S. The lowest BCUT2D eigenvalue weighted by Crippen LogP contribution is -2.40. The predicted molar refractivity (Wildman–Crippen MR) is 103 cm³/mol. The number of sulfonamides is 1. The molecule has 0 spiro atoms. The lowest BCUT2D eigenvalue weighted by Gasteiger charge is -2.26. The molecule has 0 aliphatic carbocycles. The van der Waals surface area contributed by atoms with Crippen LogP contribution in [0.4, 0.5) is 5.69 Å². The number of aliphatic imine (C=N–C) groups is 1. The lowest BCUT2D eigenvalue weighted by atomic mass is 10.1. The maximum absolute atomic E-state index is 13.2. The third-order valence-corrected chi connectivity index (χ3v) is 6.73. The van der Waals surface area contributed by atoms with Crippen molar-refractivity contribution >= 4 is 27.6 Å². The number of anilines is 1. The Balaban J connectivity index is 1.65. The molecule has 2 aromatic carbocycles. The number of amides is 1. The Hall–Kier alpha value is -2.87. The summed E-state index contributed by atoms with van der Waals surface area (Å²) in [7, 11) is -3.86. The molecule has 0 bridgehead atoms. The molecule has 1 unspecified atom stereocenters. The highest BCUT2D eigenvalue weighted by Crippen LogP contribution is 2.32. The van der Waals surface area contributed by atoms with Gasteiger partial charge in [0, 0.05) is 18.7 Å². The fourth-order valence-corrected chi connectivity index (χ4v) is 5.06. The van der Waals surface area contributed by atoms with E-state index in [9.17, 15) is 13.2 Å². The summed E-state index contributed by atoms with van der Waals surface area (Å²) in [5.41, 5.74) is 7.47. The molecule has 2 N–H and O–H groups in total. The highest BCUT2D eigenvalue weighted by Gasteiger charge is 2.38. The van der Waals surface area contributed by atoms with Gasteiger partial charge in [-0.1, -0.05) is 30.3 Å². The Morgan fingerprint density at radius 1 is 1.04 bits per heavy atom. The molecule has 1 atom stereocenters. The first-order chi connectivity index (χ1) is 13.0. The number of carbonyl (C=O) groups excluding carboxylic acids is 1. The molecule has 1 saturated heterocycles. The van der Waals surface area contributed by atoms with Crippen LogP contribution in [-0.2, 0) is 14.8 Å². The number of guanidine groups is 1. The van der Waals surface area contributed by atoms with E-state index in [1.807, 2.05) is 30.3 Å². The van der Waals surface area contributed by atoms with E-state index in [0.29, 0.717) is 18.7 Å². The van der Waals surface area contributed by atoms with Gasteiger partial charge in [-0.3, -0.25) is 4.79 Å². The van der Waals surface area contributed by atoms with Crippen LogP contribution in [0.5, 0.6) is 0 Å². The molecule has 1 amide bonds. The van der Waals surface area contributed by atoms with Gasteiger partial charge in [0.15, 0.2) is 0 Å². The molecule has 1 fully saturated rings. The van der Waals surface area contributed by atoms with Crippen molar-refractivity contribution in [1.82, 2.24) is 4.31 Å². The second kappa shape index (κ2) is 6.70. The van der Waals surface area contributed by atoms with Gasteiger partial charge in [-0.05, 0) is 36.2 Å². The molecule has 0 aromatic heterocycles. The summed E-state index contributed by atoms with van der Waals surface area (Å²) in [6.45, 7) is 0.947. The van der Waals surface area contributed by atoms with Gasteiger partial charge in [-0.2, -0.15) is 0 Å². The summed E-state index contributed by atoms with van der Waals surface area (Å²) in [5, 5.41) is 0. The van der Waals surface area contributed by atoms with Crippen LogP contribution < -0.4 is 10.6 Å². The summed E-state index contributed by atoms with van der Waals surface area (Å²) in [6.07, 6.45) is 1.35. The summed E-state index contributed by atoms with van der Waals surface area (Å²) < 4.78 is 27.6. The standard InChI is InChI=1S/C19H20N4O3S/c20-19-21-13-17(14-5-2-1-3-6-14)23(19)27(25,26)16-10-8-15(9-11-16)22-12-4-7-18(22)24/h1-3,5-6,8-11,17H,4,7,12-13H2,(H2,20,21). The third kappa shape index (κ3) is 3.06. The smallest absolute Gasteiger partial charge is 0.267 e. The molecule has 7 nitrogen and oxygen atoms in total. The van der Waals surface area contributed by atoms with E-state index in [2.05, 4.69) is 4.99 Å². The van der Waals surface area contributed by atoms with Gasteiger partial charge < -0.3 is 10.6 Å². The van der Waals surface area contributed by atoms with E-state index < -0.39 is 16.1 Å². The van der Waals surface area contributed by atoms with Crippen molar-refractivity contribution in [2.24, 2.45) is 10.7 Å². The molecule has 2 aliphatic heterocycles. The summed E-state index contributed by atoms with van der Waals surface area (Å²) >= 11 is 0. The van der Waals surface area contributed by atoms with E-state index in [-0.39, 0.29) is 23.3 Å². The zero-order valence-corrected chi connectivity index (χ0v) is 15.5. The first-order valence-corrected chi connectivity index (χ1v) is 10.2. The van der Waals surface area contributed by atoms with Crippen molar-refractivity contribution in [2.45, 2.75) is 23.8 Å². The van der Waals surface area contributed by atoms with Crippen molar-refractivity contribution in [3.8, 4) is 0 Å². The minimum absolute atomic E-state index is 0.0114. The van der Waals surface area contributed by atoms with Crippen LogP contribution in [0.3, 0.4) is 0 Å². The van der Waals surface area contributed by atoms with E-state index >= 15 is 0 Å². The van der Waals surface area contributed by atoms with Crippen LogP contribution in [0.25, 0.3) is 0 Å². The van der Waals surface area contributed by atoms with Gasteiger partial charge in [-0.15, -0.1) is 0 Å². The van der Waals surface area contributed by atoms with Gasteiger partial charge in [0.05, 0.1) is 17.5 Å². The van der Waals surface area contributed by atoms with Crippen molar-refractivity contribution in [2.75, 3.05) is 18.0 Å². The fourth-order valence-electron chi connectivity index (χ4n) is 3.52. The molecule has 2 heterocycles. The molecule has 0 saturated carbocycles. The number of rotatable bonds is 4. The van der Waals surface area contributed by atoms with Gasteiger partial charge >= 0.3 is 0 Å². The average Bonchev–Trinajstić information content (AvgIpc) is 3.28. The number of nitrogens with zero attached hydrogens (tertiary/aromatic N) is 3. The maximum Gasteiger partial charge on any atom is 0.267 e. The van der Waals surface area contributed by atoms with Gasteiger partial charge in [0.2, 0.25) is 11.9 Å². The Kier molecular flexibility index (Phi) is 4.35. The molecule has 2 aliphatic rings. The van der Waals surface area contributed by atoms with Crippen molar-refractivity contribution < 1.29 is 13.2 Å². The molecule has 8 heteroatoms. The topological polar surface area (TPSA) is 96.1 Å². The minimum Gasteiger partial charge on any atom is -0.369 e. The van der Waals surface area contributed by atoms with Gasteiger partial charge in [0.1, 0.15) is 0 Å². The zero-order valence-electron chi connectivity index (χ0n) is 14.7. The summed E-state index contributed by atoms with van der Waals surface area (Å²) in [5.74, 6) is 0.0494. The monoisotopic (exact) mass is 384 g/mol.